The van der Waals surface area contributed by atoms with E-state index in [9.17, 15) is 9.59 Å². The van der Waals surface area contributed by atoms with Gasteiger partial charge in [0.05, 0.1) is 6.04 Å². The minimum atomic E-state index is -0.334. The highest BCUT2D eigenvalue weighted by Crippen LogP contribution is 2.37. The van der Waals surface area contributed by atoms with Gasteiger partial charge in [0.15, 0.2) is 0 Å². The van der Waals surface area contributed by atoms with Crippen molar-refractivity contribution < 1.29 is 9.59 Å². The van der Waals surface area contributed by atoms with Crippen molar-refractivity contribution in [1.29, 1.82) is 0 Å². The van der Waals surface area contributed by atoms with Crippen LogP contribution in [-0.4, -0.2) is 46.9 Å². The Morgan fingerprint density at radius 1 is 0.974 bits per heavy atom. The Kier molecular flexibility index (Phi) is 7.55. The van der Waals surface area contributed by atoms with Crippen LogP contribution < -0.4 is 11.1 Å². The first kappa shape index (κ1) is 25.9. The largest absolute Gasteiger partial charge is 0.368 e. The molecule has 1 aromatic heterocycles. The number of fused-ring (bicyclic) bond motifs is 2. The molecular formula is C33H40N4O2. The third-order valence-electron chi connectivity index (χ3n) is 9.37. The minimum Gasteiger partial charge on any atom is -0.368 e. The molecule has 3 aromatic rings. The lowest BCUT2D eigenvalue weighted by atomic mass is 9.80. The van der Waals surface area contributed by atoms with Crippen molar-refractivity contribution in [3.05, 3.63) is 77.0 Å². The lowest BCUT2D eigenvalue weighted by Gasteiger charge is -2.38. The van der Waals surface area contributed by atoms with Gasteiger partial charge >= 0.3 is 0 Å². The molecule has 2 aromatic carbocycles. The zero-order chi connectivity index (χ0) is 26.8. The van der Waals surface area contributed by atoms with Crippen molar-refractivity contribution >= 4 is 28.8 Å². The normalized spacial score (nSPS) is 22.8. The molecule has 2 fully saturated rings. The smallest absolute Gasteiger partial charge is 0.246 e. The third-order valence-corrected chi connectivity index (χ3v) is 9.37. The summed E-state index contributed by atoms with van der Waals surface area (Å²) in [6.07, 6.45) is 15.2. The van der Waals surface area contributed by atoms with E-state index in [-0.39, 0.29) is 23.8 Å². The number of aryl methyl sites for hydroxylation is 2. The molecule has 2 amide bonds. The van der Waals surface area contributed by atoms with Crippen molar-refractivity contribution in [2.45, 2.75) is 75.8 Å². The molecule has 0 spiro atoms. The number of piperidine rings is 1. The Hall–Kier alpha value is -3.38. The Morgan fingerprint density at radius 2 is 1.74 bits per heavy atom. The number of para-hydroxylation sites is 1. The number of benzene rings is 2. The van der Waals surface area contributed by atoms with E-state index >= 15 is 0 Å². The highest BCUT2D eigenvalue weighted by molar-refractivity contribution is 5.92. The second kappa shape index (κ2) is 11.4. The van der Waals surface area contributed by atoms with Crippen LogP contribution >= 0.6 is 0 Å². The van der Waals surface area contributed by atoms with Gasteiger partial charge in [-0.25, -0.2) is 0 Å². The number of likely N-dealkylation sites (tertiary alicyclic amines) is 1. The van der Waals surface area contributed by atoms with Gasteiger partial charge in [0.1, 0.15) is 0 Å². The zero-order valence-electron chi connectivity index (χ0n) is 22.7. The summed E-state index contributed by atoms with van der Waals surface area (Å²) in [4.78, 5) is 30.7. The van der Waals surface area contributed by atoms with Crippen LogP contribution in [0, 0.1) is 5.92 Å². The topological polar surface area (TPSA) is 91.2 Å². The number of amides is 2. The Labute approximate surface area is 231 Å². The van der Waals surface area contributed by atoms with E-state index < -0.39 is 0 Å². The number of carbonyl (C=O) groups is 2. The first-order chi connectivity index (χ1) is 19.0. The van der Waals surface area contributed by atoms with Gasteiger partial charge in [0.25, 0.3) is 0 Å². The van der Waals surface area contributed by atoms with E-state index in [1.54, 1.807) is 6.08 Å². The van der Waals surface area contributed by atoms with E-state index in [0.29, 0.717) is 25.0 Å². The lowest BCUT2D eigenvalue weighted by Crippen LogP contribution is -2.54. The fraction of sp³-hybridized carbons (Fsp3) is 0.455. The number of aromatic amines is 1. The summed E-state index contributed by atoms with van der Waals surface area (Å²) in [6.45, 7) is 1.33. The van der Waals surface area contributed by atoms with E-state index in [4.69, 9.17) is 5.73 Å². The predicted molar refractivity (Wildman–Crippen MR) is 156 cm³/mol. The Balaban J connectivity index is 0.998. The van der Waals surface area contributed by atoms with E-state index in [1.165, 1.54) is 40.4 Å². The monoisotopic (exact) mass is 524 g/mol. The number of nitrogens with one attached hydrogen (secondary N) is 2. The van der Waals surface area contributed by atoms with E-state index in [2.05, 4.69) is 59.0 Å². The number of aromatic nitrogens is 1. The summed E-state index contributed by atoms with van der Waals surface area (Å²) in [7, 11) is 0. The number of carbonyl (C=O) groups excluding carboxylic acids is 2. The molecule has 204 valence electrons. The summed E-state index contributed by atoms with van der Waals surface area (Å²) >= 11 is 0. The molecule has 1 atom stereocenters. The van der Waals surface area contributed by atoms with Gasteiger partial charge in [-0.1, -0.05) is 36.4 Å². The minimum absolute atomic E-state index is 0.0492. The van der Waals surface area contributed by atoms with Crippen molar-refractivity contribution in [1.82, 2.24) is 15.2 Å². The SMILES string of the molecule is NC(=O)C(NC1CCC(c2c[nH]c3ccccc23)CC1)C1CCN(C(=O)C=Cc2ccc3c(c2)CCC3)CC1. The van der Waals surface area contributed by atoms with Crippen LogP contribution in [0.2, 0.25) is 0 Å². The van der Waals surface area contributed by atoms with Crippen LogP contribution in [0.25, 0.3) is 17.0 Å². The molecule has 1 unspecified atom stereocenters. The maximum atomic E-state index is 12.9. The third kappa shape index (κ3) is 5.67. The number of nitrogens with zero attached hydrogens (tertiary/aromatic N) is 1. The van der Waals surface area contributed by atoms with Crippen LogP contribution in [0.5, 0.6) is 0 Å². The summed E-state index contributed by atoms with van der Waals surface area (Å²) in [5.41, 5.74) is 12.5. The summed E-state index contributed by atoms with van der Waals surface area (Å²) in [5.74, 6) is 0.493. The molecule has 2 heterocycles. The lowest BCUT2D eigenvalue weighted by molar-refractivity contribution is -0.128. The number of hydrogen-bond acceptors (Lipinski definition) is 3. The second-order valence-corrected chi connectivity index (χ2v) is 11.8. The summed E-state index contributed by atoms with van der Waals surface area (Å²) in [5, 5.41) is 4.97. The van der Waals surface area contributed by atoms with E-state index in [0.717, 1.165) is 50.5 Å². The maximum absolute atomic E-state index is 12.9. The van der Waals surface area contributed by atoms with Crippen molar-refractivity contribution in [3.8, 4) is 0 Å². The van der Waals surface area contributed by atoms with Gasteiger partial charge in [0.2, 0.25) is 11.8 Å². The molecule has 1 saturated carbocycles. The maximum Gasteiger partial charge on any atom is 0.246 e. The van der Waals surface area contributed by atoms with Gasteiger partial charge in [-0.05, 0) is 104 Å². The van der Waals surface area contributed by atoms with Gasteiger partial charge < -0.3 is 20.9 Å². The molecule has 2 aliphatic carbocycles. The fourth-order valence-corrected chi connectivity index (χ4v) is 7.13. The molecule has 1 saturated heterocycles. The number of hydrogen-bond donors (Lipinski definition) is 3. The van der Waals surface area contributed by atoms with Gasteiger partial charge in [0, 0.05) is 42.3 Å². The van der Waals surface area contributed by atoms with E-state index in [1.807, 2.05) is 11.0 Å². The summed E-state index contributed by atoms with van der Waals surface area (Å²) < 4.78 is 0. The van der Waals surface area contributed by atoms with Crippen LogP contribution in [0.4, 0.5) is 0 Å². The molecular weight excluding hydrogens is 484 g/mol. The molecule has 0 radical (unpaired) electrons. The molecule has 1 aliphatic heterocycles. The molecule has 4 N–H and O–H groups in total. The molecule has 6 heteroatoms. The number of primary amides is 1. The standard InChI is InChI=1S/C33H40N4O2/c34-33(39)32(36-27-13-11-24(12-14-27)29-21-35-30-7-2-1-6-28(29)30)25-16-18-37(19-17-25)31(38)15-9-22-8-10-23-4-3-5-26(23)20-22/h1-2,6-10,15,20-21,24-25,27,32,35-36H,3-5,11-14,16-19H2,(H2,34,39). The Bertz CT molecular complexity index is 1360. The van der Waals surface area contributed by atoms with Crippen molar-refractivity contribution in [2.24, 2.45) is 11.7 Å². The van der Waals surface area contributed by atoms with Gasteiger partial charge in [-0.2, -0.15) is 0 Å². The van der Waals surface area contributed by atoms with Gasteiger partial charge in [-0.15, -0.1) is 0 Å². The molecule has 3 aliphatic rings. The fourth-order valence-electron chi connectivity index (χ4n) is 7.13. The number of H-pyrrole nitrogens is 1. The average molecular weight is 525 g/mol. The first-order valence-corrected chi connectivity index (χ1v) is 14.8. The number of nitrogens with two attached hydrogens (primary N) is 1. The molecule has 6 rings (SSSR count). The van der Waals surface area contributed by atoms with Crippen molar-refractivity contribution in [2.75, 3.05) is 13.1 Å². The van der Waals surface area contributed by atoms with Crippen molar-refractivity contribution in [3.63, 3.8) is 0 Å². The average Bonchev–Trinajstić information content (AvgIpc) is 3.62. The molecule has 0 bridgehead atoms. The second-order valence-electron chi connectivity index (χ2n) is 11.8. The summed E-state index contributed by atoms with van der Waals surface area (Å²) in [6, 6.07) is 15.0. The molecule has 6 nitrogen and oxygen atoms in total. The number of rotatable bonds is 7. The van der Waals surface area contributed by atoms with Gasteiger partial charge in [-0.3, -0.25) is 9.59 Å². The zero-order valence-corrected chi connectivity index (χ0v) is 22.7. The highest BCUT2D eigenvalue weighted by Gasteiger charge is 2.34. The van der Waals surface area contributed by atoms with Crippen LogP contribution in [0.15, 0.2) is 54.7 Å². The van der Waals surface area contributed by atoms with Crippen LogP contribution in [0.3, 0.4) is 0 Å². The Morgan fingerprint density at radius 3 is 2.54 bits per heavy atom. The molecule has 39 heavy (non-hydrogen) atoms. The first-order valence-electron chi connectivity index (χ1n) is 14.8. The highest BCUT2D eigenvalue weighted by atomic mass is 16.2. The van der Waals surface area contributed by atoms with Crippen LogP contribution in [0.1, 0.15) is 73.1 Å². The predicted octanol–water partition coefficient (Wildman–Crippen LogP) is 5.08. The quantitative estimate of drug-likeness (QED) is 0.377. The van der Waals surface area contributed by atoms with Crippen LogP contribution in [-0.2, 0) is 22.4 Å².